The molecule has 0 atom stereocenters. The van der Waals surface area contributed by atoms with Gasteiger partial charge in [-0.25, -0.2) is 8.42 Å². The lowest BCUT2D eigenvalue weighted by atomic mass is 10.1. The van der Waals surface area contributed by atoms with Gasteiger partial charge in [0.25, 0.3) is 0 Å². The molecule has 0 aliphatic heterocycles. The molecule has 1 aromatic rings. The number of rotatable bonds is 18. The third kappa shape index (κ3) is 16.8. The highest BCUT2D eigenvalue weighted by Crippen LogP contribution is 2.18. The van der Waals surface area contributed by atoms with Crippen molar-refractivity contribution in [2.45, 2.75) is 110 Å². The van der Waals surface area contributed by atoms with Crippen LogP contribution in [0, 0.1) is 6.92 Å². The van der Waals surface area contributed by atoms with Crippen LogP contribution in [0.1, 0.15) is 103 Å². The van der Waals surface area contributed by atoms with E-state index in [0.29, 0.717) is 0 Å². The van der Waals surface area contributed by atoms with Crippen LogP contribution in [0.3, 0.4) is 0 Å². The SMILES string of the molecule is CCCCCC[N+](CCCCC)(CCCCC)CCCCBr.Cc1ccc(S(=O)(=O)[O-])cc1. The van der Waals surface area contributed by atoms with Gasteiger partial charge >= 0.3 is 0 Å². The van der Waals surface area contributed by atoms with Gasteiger partial charge in [-0.05, 0) is 70.4 Å². The summed E-state index contributed by atoms with van der Waals surface area (Å²) < 4.78 is 32.6. The van der Waals surface area contributed by atoms with E-state index < -0.39 is 10.1 Å². The molecule has 0 saturated carbocycles. The second-order valence-corrected chi connectivity index (χ2v) is 11.5. The predicted octanol–water partition coefficient (Wildman–Crippen LogP) is 7.84. The van der Waals surface area contributed by atoms with Crippen LogP contribution in [-0.4, -0.2) is 49.0 Å². The number of unbranched alkanes of at least 4 members (excludes halogenated alkanes) is 8. The Morgan fingerprint density at radius 3 is 1.48 bits per heavy atom. The van der Waals surface area contributed by atoms with Crippen molar-refractivity contribution in [3.8, 4) is 0 Å². The van der Waals surface area contributed by atoms with Crippen molar-refractivity contribution in [1.82, 2.24) is 0 Å². The average molecular weight is 549 g/mol. The van der Waals surface area contributed by atoms with Crippen LogP contribution in [0.15, 0.2) is 29.2 Å². The zero-order valence-corrected chi connectivity index (χ0v) is 24.2. The molecule has 0 spiro atoms. The van der Waals surface area contributed by atoms with Crippen LogP contribution in [0.25, 0.3) is 0 Å². The van der Waals surface area contributed by atoms with Crippen LogP contribution in [0.4, 0.5) is 0 Å². The van der Waals surface area contributed by atoms with Crippen LogP contribution in [0.5, 0.6) is 0 Å². The molecular weight excluding hydrogens is 498 g/mol. The Morgan fingerprint density at radius 2 is 1.09 bits per heavy atom. The highest BCUT2D eigenvalue weighted by molar-refractivity contribution is 9.09. The zero-order valence-electron chi connectivity index (χ0n) is 21.8. The quantitative estimate of drug-likeness (QED) is 0.0813. The smallest absolute Gasteiger partial charge is 0.124 e. The van der Waals surface area contributed by atoms with Crippen LogP contribution in [0.2, 0.25) is 0 Å². The molecule has 6 heteroatoms. The summed E-state index contributed by atoms with van der Waals surface area (Å²) >= 11 is 3.61. The van der Waals surface area contributed by atoms with E-state index in [4.69, 9.17) is 0 Å². The number of benzene rings is 1. The normalized spacial score (nSPS) is 11.8. The molecule has 0 radical (unpaired) electrons. The fourth-order valence-electron chi connectivity index (χ4n) is 4.19. The second kappa shape index (κ2) is 19.8. The number of alkyl halides is 1. The lowest BCUT2D eigenvalue weighted by Crippen LogP contribution is -2.50. The third-order valence-corrected chi connectivity index (χ3v) is 7.69. The first kappa shape index (κ1) is 32.6. The molecular formula is C27H50BrNO3S. The summed E-state index contributed by atoms with van der Waals surface area (Å²) in [5, 5.41) is 1.17. The first-order valence-corrected chi connectivity index (χ1v) is 15.7. The van der Waals surface area contributed by atoms with Gasteiger partial charge in [-0.2, -0.15) is 0 Å². The molecule has 0 aliphatic rings. The van der Waals surface area contributed by atoms with Gasteiger partial charge in [-0.1, -0.05) is 80.1 Å². The molecule has 0 amide bonds. The minimum atomic E-state index is -4.27. The minimum Gasteiger partial charge on any atom is -0.744 e. The van der Waals surface area contributed by atoms with Gasteiger partial charge in [0.2, 0.25) is 0 Å². The highest BCUT2D eigenvalue weighted by atomic mass is 79.9. The largest absolute Gasteiger partial charge is 0.744 e. The molecule has 0 saturated heterocycles. The lowest BCUT2D eigenvalue weighted by molar-refractivity contribution is -0.929. The molecule has 194 valence electrons. The molecule has 0 unspecified atom stereocenters. The molecule has 4 nitrogen and oxygen atoms in total. The first-order chi connectivity index (χ1) is 15.7. The number of halogens is 1. The van der Waals surface area contributed by atoms with E-state index in [1.165, 1.54) is 125 Å². The molecule has 0 N–H and O–H groups in total. The van der Waals surface area contributed by atoms with Crippen molar-refractivity contribution in [2.75, 3.05) is 31.5 Å². The summed E-state index contributed by atoms with van der Waals surface area (Å²) in [4.78, 5) is -0.178. The molecule has 0 fully saturated rings. The van der Waals surface area contributed by atoms with Crippen molar-refractivity contribution in [2.24, 2.45) is 0 Å². The Labute approximate surface area is 214 Å². The number of hydrogen-bond acceptors (Lipinski definition) is 3. The average Bonchev–Trinajstić information content (AvgIpc) is 2.77. The molecule has 0 aromatic heterocycles. The monoisotopic (exact) mass is 547 g/mol. The Morgan fingerprint density at radius 1 is 0.697 bits per heavy atom. The number of nitrogens with zero attached hydrogens (tertiary/aromatic N) is 1. The van der Waals surface area contributed by atoms with Crippen LogP contribution >= 0.6 is 15.9 Å². The van der Waals surface area contributed by atoms with E-state index in [0.717, 1.165) is 5.56 Å². The maximum Gasteiger partial charge on any atom is 0.124 e. The van der Waals surface area contributed by atoms with Crippen molar-refractivity contribution in [1.29, 1.82) is 0 Å². The molecule has 33 heavy (non-hydrogen) atoms. The minimum absolute atomic E-state index is 0.178. The summed E-state index contributed by atoms with van der Waals surface area (Å²) in [6.07, 6.45) is 16.8. The summed E-state index contributed by atoms with van der Waals surface area (Å²) in [5.41, 5.74) is 0.928. The first-order valence-electron chi connectivity index (χ1n) is 13.2. The number of hydrogen-bond donors (Lipinski definition) is 0. The fourth-order valence-corrected chi connectivity index (χ4v) is 5.05. The fraction of sp³-hybridized carbons (Fsp3) is 0.778. The molecule has 1 aromatic carbocycles. The van der Waals surface area contributed by atoms with E-state index in [9.17, 15) is 13.0 Å². The number of quaternary nitrogens is 1. The van der Waals surface area contributed by atoms with Crippen molar-refractivity contribution >= 4 is 26.0 Å². The van der Waals surface area contributed by atoms with E-state index in [1.54, 1.807) is 12.1 Å². The number of aryl methyl sites for hydroxylation is 1. The van der Waals surface area contributed by atoms with Crippen LogP contribution in [-0.2, 0) is 10.1 Å². The maximum atomic E-state index is 10.4. The Hall–Kier alpha value is -0.430. The lowest BCUT2D eigenvalue weighted by Gasteiger charge is -2.39. The van der Waals surface area contributed by atoms with E-state index in [2.05, 4.69) is 36.7 Å². The summed E-state index contributed by atoms with van der Waals surface area (Å²) in [5.74, 6) is 0. The van der Waals surface area contributed by atoms with E-state index >= 15 is 0 Å². The predicted molar refractivity (Wildman–Crippen MR) is 145 cm³/mol. The van der Waals surface area contributed by atoms with Crippen molar-refractivity contribution in [3.05, 3.63) is 29.8 Å². The van der Waals surface area contributed by atoms with Gasteiger partial charge in [0.1, 0.15) is 10.1 Å². The summed E-state index contributed by atoms with van der Waals surface area (Å²) in [7, 11) is -4.27. The van der Waals surface area contributed by atoms with Gasteiger partial charge in [0.15, 0.2) is 0 Å². The summed E-state index contributed by atoms with van der Waals surface area (Å²) in [6.45, 7) is 14.5. The van der Waals surface area contributed by atoms with Gasteiger partial charge < -0.3 is 9.04 Å². The standard InChI is InChI=1S/C20H43BrN.C7H8O3S/c1-4-7-10-14-19-22(17-12-8-5-2,18-13-9-6-3)20-15-11-16-21;1-6-2-4-7(5-3-6)11(8,9)10/h4-20H2,1-3H3;2-5H,1H3,(H,8,9,10)/q+1;/p-1. The van der Waals surface area contributed by atoms with E-state index in [-0.39, 0.29) is 4.90 Å². The summed E-state index contributed by atoms with van der Waals surface area (Å²) in [6, 6.07) is 5.78. The molecule has 1 rings (SSSR count). The van der Waals surface area contributed by atoms with Gasteiger partial charge in [0.05, 0.1) is 31.1 Å². The van der Waals surface area contributed by atoms with Crippen LogP contribution < -0.4 is 0 Å². The van der Waals surface area contributed by atoms with Crippen molar-refractivity contribution < 1.29 is 17.5 Å². The Kier molecular flexibility index (Phi) is 19.6. The molecule has 0 heterocycles. The second-order valence-electron chi connectivity index (χ2n) is 9.37. The van der Waals surface area contributed by atoms with E-state index in [1.807, 2.05) is 6.92 Å². The molecule has 0 bridgehead atoms. The molecule has 0 aliphatic carbocycles. The third-order valence-electron chi connectivity index (χ3n) is 6.28. The van der Waals surface area contributed by atoms with Gasteiger partial charge in [-0.15, -0.1) is 0 Å². The van der Waals surface area contributed by atoms with Gasteiger partial charge in [-0.3, -0.25) is 0 Å². The highest BCUT2D eigenvalue weighted by Gasteiger charge is 2.25. The topological polar surface area (TPSA) is 57.2 Å². The zero-order chi connectivity index (χ0) is 25.0. The van der Waals surface area contributed by atoms with Crippen molar-refractivity contribution in [3.63, 3.8) is 0 Å². The Bertz CT molecular complexity index is 651. The van der Waals surface area contributed by atoms with Gasteiger partial charge in [0, 0.05) is 5.33 Å². The Balaban J connectivity index is 0.000000771. The maximum absolute atomic E-state index is 10.4.